The van der Waals surface area contributed by atoms with E-state index in [9.17, 15) is 12.8 Å². The third-order valence-corrected chi connectivity index (χ3v) is 5.51. The minimum absolute atomic E-state index is 0.0373. The minimum Gasteiger partial charge on any atom is -0.244 e. The lowest BCUT2D eigenvalue weighted by atomic mass is 9.71. The van der Waals surface area contributed by atoms with Gasteiger partial charge < -0.3 is 0 Å². The van der Waals surface area contributed by atoms with Gasteiger partial charge in [0.1, 0.15) is 5.67 Å². The second-order valence-electron chi connectivity index (χ2n) is 4.95. The topological polar surface area (TPSA) is 34.1 Å². The second-order valence-corrected chi connectivity index (χ2v) is 7.01. The monoisotopic (exact) mass is 206 g/mol. The van der Waals surface area contributed by atoms with Gasteiger partial charge in [0.15, 0.2) is 9.84 Å². The number of rotatable bonds is 0. The maximum atomic E-state index is 13.4. The zero-order chi connectivity index (χ0) is 9.74. The fourth-order valence-corrected chi connectivity index (χ4v) is 4.84. The summed E-state index contributed by atoms with van der Waals surface area (Å²) in [7, 11) is -2.75. The molecule has 0 bridgehead atoms. The average molecular weight is 206 g/mol. The lowest BCUT2D eigenvalue weighted by Gasteiger charge is -2.47. The predicted octanol–water partition coefficient (Wildman–Crippen LogP) is 1.70. The molecule has 0 N–H and O–H groups in total. The van der Waals surface area contributed by atoms with E-state index in [2.05, 4.69) is 0 Å². The van der Waals surface area contributed by atoms with Crippen molar-refractivity contribution < 1.29 is 12.8 Å². The average Bonchev–Trinajstić information content (AvgIpc) is 1.92. The van der Waals surface area contributed by atoms with Crippen LogP contribution in [-0.4, -0.2) is 25.6 Å². The van der Waals surface area contributed by atoms with Crippen LogP contribution in [0.25, 0.3) is 0 Å². The Hall–Kier alpha value is -0.120. The molecule has 13 heavy (non-hydrogen) atoms. The zero-order valence-corrected chi connectivity index (χ0v) is 8.66. The van der Waals surface area contributed by atoms with Gasteiger partial charge in [-0.2, -0.15) is 0 Å². The Morgan fingerprint density at radius 2 is 1.54 bits per heavy atom. The van der Waals surface area contributed by atoms with Crippen molar-refractivity contribution in [3.8, 4) is 0 Å². The molecule has 2 nitrogen and oxygen atoms in total. The summed E-state index contributed by atoms with van der Waals surface area (Å²) in [5, 5.41) is 0. The molecule has 0 aromatic heterocycles. The third-order valence-electron chi connectivity index (χ3n) is 3.41. The van der Waals surface area contributed by atoms with Crippen molar-refractivity contribution in [1.29, 1.82) is 0 Å². The Bertz CT molecular complexity index is 295. The SMILES string of the molecule is CC1(F)CCC2(CC1)CS(=O)(=O)C2. The molecular weight excluding hydrogens is 191 g/mol. The minimum atomic E-state index is -2.75. The normalized spacial score (nSPS) is 34.0. The molecule has 2 rings (SSSR count). The zero-order valence-electron chi connectivity index (χ0n) is 7.85. The van der Waals surface area contributed by atoms with Crippen LogP contribution in [0.3, 0.4) is 0 Å². The van der Waals surface area contributed by atoms with Crippen LogP contribution in [0.15, 0.2) is 0 Å². The Balaban J connectivity index is 2.01. The van der Waals surface area contributed by atoms with Gasteiger partial charge in [0, 0.05) is 0 Å². The van der Waals surface area contributed by atoms with Gasteiger partial charge in [-0.15, -0.1) is 0 Å². The first-order valence-electron chi connectivity index (χ1n) is 4.72. The molecule has 0 amide bonds. The molecule has 2 aliphatic rings. The van der Waals surface area contributed by atoms with Crippen LogP contribution >= 0.6 is 0 Å². The fourth-order valence-electron chi connectivity index (χ4n) is 2.48. The molecule has 1 heterocycles. The van der Waals surface area contributed by atoms with E-state index in [1.807, 2.05) is 0 Å². The van der Waals surface area contributed by atoms with E-state index >= 15 is 0 Å². The van der Waals surface area contributed by atoms with Gasteiger partial charge >= 0.3 is 0 Å². The van der Waals surface area contributed by atoms with Crippen molar-refractivity contribution in [2.24, 2.45) is 5.41 Å². The Labute approximate surface area is 78.4 Å². The van der Waals surface area contributed by atoms with E-state index in [4.69, 9.17) is 0 Å². The molecule has 0 aromatic rings. The van der Waals surface area contributed by atoms with Gasteiger partial charge in [0.2, 0.25) is 0 Å². The van der Waals surface area contributed by atoms with Crippen molar-refractivity contribution in [3.05, 3.63) is 0 Å². The molecule has 2 fully saturated rings. The first-order chi connectivity index (χ1) is 5.83. The summed E-state index contributed by atoms with van der Waals surface area (Å²) in [6, 6.07) is 0. The summed E-state index contributed by atoms with van der Waals surface area (Å²) in [4.78, 5) is 0. The third kappa shape index (κ3) is 1.73. The highest BCUT2D eigenvalue weighted by Crippen LogP contribution is 2.49. The predicted molar refractivity (Wildman–Crippen MR) is 49.1 cm³/mol. The van der Waals surface area contributed by atoms with Gasteiger partial charge in [-0.05, 0) is 38.0 Å². The lowest BCUT2D eigenvalue weighted by Crippen LogP contribution is -2.52. The standard InChI is InChI=1S/C9H15FO2S/c1-8(10)2-4-9(5-3-8)6-13(11,12)7-9/h2-7H2,1H3. The molecule has 0 aromatic carbocycles. The molecule has 1 saturated heterocycles. The van der Waals surface area contributed by atoms with Crippen LogP contribution in [0, 0.1) is 5.41 Å². The van der Waals surface area contributed by atoms with Crippen LogP contribution in [0.2, 0.25) is 0 Å². The van der Waals surface area contributed by atoms with E-state index < -0.39 is 15.5 Å². The highest BCUT2D eigenvalue weighted by atomic mass is 32.2. The van der Waals surface area contributed by atoms with Gasteiger partial charge in [-0.1, -0.05) is 0 Å². The molecule has 76 valence electrons. The van der Waals surface area contributed by atoms with E-state index in [1.165, 1.54) is 0 Å². The number of alkyl halides is 1. The molecule has 0 unspecified atom stereocenters. The number of sulfone groups is 1. The summed E-state index contributed by atoms with van der Waals surface area (Å²) in [5.74, 6) is 0.603. The van der Waals surface area contributed by atoms with Crippen molar-refractivity contribution in [2.75, 3.05) is 11.5 Å². The summed E-state index contributed by atoms with van der Waals surface area (Å²) < 4.78 is 35.5. The van der Waals surface area contributed by atoms with Crippen molar-refractivity contribution in [2.45, 2.75) is 38.3 Å². The number of hydrogen-bond acceptors (Lipinski definition) is 2. The molecule has 1 aliphatic heterocycles. The molecule has 1 aliphatic carbocycles. The molecule has 0 atom stereocenters. The highest BCUT2D eigenvalue weighted by molar-refractivity contribution is 7.92. The summed E-state index contributed by atoms with van der Waals surface area (Å²) in [6.45, 7) is 1.62. The van der Waals surface area contributed by atoms with E-state index in [1.54, 1.807) is 6.92 Å². The smallest absolute Gasteiger partial charge is 0.151 e. The first kappa shape index (κ1) is 9.44. The van der Waals surface area contributed by atoms with Crippen molar-refractivity contribution in [1.82, 2.24) is 0 Å². The first-order valence-corrected chi connectivity index (χ1v) is 6.54. The maximum Gasteiger partial charge on any atom is 0.151 e. The van der Waals surface area contributed by atoms with Gasteiger partial charge in [-0.25, -0.2) is 12.8 Å². The van der Waals surface area contributed by atoms with E-state index in [0.29, 0.717) is 24.3 Å². The van der Waals surface area contributed by atoms with Crippen LogP contribution in [0.4, 0.5) is 4.39 Å². The maximum absolute atomic E-state index is 13.4. The van der Waals surface area contributed by atoms with Gasteiger partial charge in [0.05, 0.1) is 11.5 Å². The summed E-state index contributed by atoms with van der Waals surface area (Å²) in [6.07, 6.45) is 2.56. The Morgan fingerprint density at radius 3 is 1.92 bits per heavy atom. The summed E-state index contributed by atoms with van der Waals surface area (Å²) >= 11 is 0. The number of halogens is 1. The molecule has 1 saturated carbocycles. The quantitative estimate of drug-likeness (QED) is 0.604. The Kier molecular flexibility index (Phi) is 1.79. The van der Waals surface area contributed by atoms with Crippen molar-refractivity contribution in [3.63, 3.8) is 0 Å². The van der Waals surface area contributed by atoms with Gasteiger partial charge in [-0.3, -0.25) is 0 Å². The van der Waals surface area contributed by atoms with Crippen molar-refractivity contribution >= 4 is 9.84 Å². The Morgan fingerprint density at radius 1 is 1.08 bits per heavy atom. The second kappa shape index (κ2) is 2.47. The van der Waals surface area contributed by atoms with Gasteiger partial charge in [0.25, 0.3) is 0 Å². The van der Waals surface area contributed by atoms with Crippen LogP contribution < -0.4 is 0 Å². The van der Waals surface area contributed by atoms with Crippen LogP contribution in [-0.2, 0) is 9.84 Å². The largest absolute Gasteiger partial charge is 0.244 e. The van der Waals surface area contributed by atoms with Crippen LogP contribution in [0.1, 0.15) is 32.6 Å². The summed E-state index contributed by atoms with van der Waals surface area (Å²) in [5.41, 5.74) is -1.09. The molecular formula is C9H15FO2S. The van der Waals surface area contributed by atoms with E-state index in [0.717, 1.165) is 12.8 Å². The lowest BCUT2D eigenvalue weighted by molar-refractivity contribution is 0.0667. The van der Waals surface area contributed by atoms with E-state index in [-0.39, 0.29) is 5.41 Å². The molecule has 0 radical (unpaired) electrons. The number of hydrogen-bond donors (Lipinski definition) is 0. The fraction of sp³-hybridized carbons (Fsp3) is 1.00. The highest BCUT2D eigenvalue weighted by Gasteiger charge is 2.51. The van der Waals surface area contributed by atoms with Crippen LogP contribution in [0.5, 0.6) is 0 Å². The molecule has 4 heteroatoms. The molecule has 1 spiro atoms.